The quantitative estimate of drug-likeness (QED) is 0.582. The molecule has 0 saturated carbocycles. The highest BCUT2D eigenvalue weighted by Gasteiger charge is 2.08. The average Bonchev–Trinajstić information content (AvgIpc) is 3.19. The van der Waals surface area contributed by atoms with Crippen molar-refractivity contribution >= 4 is 22.1 Å². The van der Waals surface area contributed by atoms with Gasteiger partial charge in [-0.15, -0.1) is 0 Å². The Kier molecular flexibility index (Phi) is 3.22. The molecule has 0 bridgehead atoms. The number of hydrogen-bond acceptors (Lipinski definition) is 4. The maximum Gasteiger partial charge on any atom is 0.140 e. The lowest BCUT2D eigenvalue weighted by Crippen LogP contribution is -1.95. The van der Waals surface area contributed by atoms with Gasteiger partial charge in [0.2, 0.25) is 0 Å². The van der Waals surface area contributed by atoms with Gasteiger partial charge in [0.05, 0.1) is 12.1 Å². The summed E-state index contributed by atoms with van der Waals surface area (Å²) in [6, 6.07) is 12.3. The predicted molar refractivity (Wildman–Crippen MR) is 89.7 cm³/mol. The normalized spacial score (nSPS) is 10.8. The third kappa shape index (κ3) is 2.18. The Labute approximate surface area is 137 Å². The molecule has 0 amide bonds. The zero-order chi connectivity index (χ0) is 16.5. The molecule has 0 aromatic carbocycles. The average molecular weight is 312 g/mol. The van der Waals surface area contributed by atoms with Gasteiger partial charge in [0.25, 0.3) is 0 Å². The van der Waals surface area contributed by atoms with Gasteiger partial charge < -0.3 is 9.13 Å². The molecular weight excluding hydrogens is 300 g/mol. The molecule has 4 heterocycles. The number of nitrogens with zero attached hydrogens (tertiary/aromatic N) is 6. The molecule has 4 aromatic rings. The minimum atomic E-state index is 0.287. The fraction of sp³-hybridized carbons (Fsp3) is 0.111. The summed E-state index contributed by atoms with van der Waals surface area (Å²) in [7, 11) is 0. The first-order valence-corrected chi connectivity index (χ1v) is 7.44. The molecule has 0 N–H and O–H groups in total. The number of pyridine rings is 2. The van der Waals surface area contributed by atoms with Crippen LogP contribution in [0, 0.1) is 22.7 Å². The Morgan fingerprint density at radius 3 is 1.67 bits per heavy atom. The van der Waals surface area contributed by atoms with Gasteiger partial charge in [-0.3, -0.25) is 0 Å². The number of hydrogen-bond donors (Lipinski definition) is 0. The van der Waals surface area contributed by atoms with E-state index in [-0.39, 0.29) is 13.1 Å². The molecule has 24 heavy (non-hydrogen) atoms. The zero-order valence-corrected chi connectivity index (χ0v) is 12.7. The zero-order valence-electron chi connectivity index (χ0n) is 12.7. The molecule has 0 unspecified atom stereocenters. The molecule has 6 nitrogen and oxygen atoms in total. The fourth-order valence-corrected chi connectivity index (χ4v) is 2.88. The van der Waals surface area contributed by atoms with Crippen molar-refractivity contribution in [3.8, 4) is 23.3 Å². The SMILES string of the molecule is N#CCn1ccc2cc(-c3cnc4c(ccn4CC#N)c3)cnc21. The highest BCUT2D eigenvalue weighted by molar-refractivity contribution is 5.86. The van der Waals surface area contributed by atoms with Gasteiger partial charge in [0.1, 0.15) is 24.4 Å². The summed E-state index contributed by atoms with van der Waals surface area (Å²) in [6.07, 6.45) is 7.33. The first-order chi connectivity index (χ1) is 11.8. The third-order valence-electron chi connectivity index (χ3n) is 4.02. The van der Waals surface area contributed by atoms with E-state index in [0.717, 1.165) is 33.2 Å². The minimum Gasteiger partial charge on any atom is -0.319 e. The van der Waals surface area contributed by atoms with Crippen LogP contribution in [0.25, 0.3) is 33.2 Å². The van der Waals surface area contributed by atoms with Gasteiger partial charge >= 0.3 is 0 Å². The predicted octanol–water partition coefficient (Wildman–Crippen LogP) is 3.10. The smallest absolute Gasteiger partial charge is 0.140 e. The van der Waals surface area contributed by atoms with E-state index in [1.165, 1.54) is 0 Å². The Balaban J connectivity index is 1.78. The summed E-state index contributed by atoms with van der Waals surface area (Å²) < 4.78 is 3.64. The molecule has 4 rings (SSSR count). The number of rotatable bonds is 3. The summed E-state index contributed by atoms with van der Waals surface area (Å²) in [5, 5.41) is 19.7. The molecule has 4 aromatic heterocycles. The number of fused-ring (bicyclic) bond motifs is 2. The Hall–Kier alpha value is -3.64. The van der Waals surface area contributed by atoms with Gasteiger partial charge in [-0.05, 0) is 24.3 Å². The van der Waals surface area contributed by atoms with Crippen molar-refractivity contribution in [1.82, 2.24) is 19.1 Å². The topological polar surface area (TPSA) is 83.2 Å². The summed E-state index contributed by atoms with van der Waals surface area (Å²) in [5.74, 6) is 0. The molecule has 0 radical (unpaired) electrons. The van der Waals surface area contributed by atoms with Crippen molar-refractivity contribution in [3.05, 3.63) is 49.1 Å². The van der Waals surface area contributed by atoms with Gasteiger partial charge in [-0.25, -0.2) is 9.97 Å². The van der Waals surface area contributed by atoms with Crippen molar-refractivity contribution in [2.45, 2.75) is 13.1 Å². The first kappa shape index (κ1) is 14.0. The van der Waals surface area contributed by atoms with Crippen LogP contribution in [0.1, 0.15) is 0 Å². The second kappa shape index (κ2) is 5.53. The van der Waals surface area contributed by atoms with E-state index in [4.69, 9.17) is 10.5 Å². The molecule has 6 heteroatoms. The van der Waals surface area contributed by atoms with Crippen LogP contribution in [0.5, 0.6) is 0 Å². The second-order valence-corrected chi connectivity index (χ2v) is 5.48. The highest BCUT2D eigenvalue weighted by atomic mass is 15.0. The number of nitriles is 2. The minimum absolute atomic E-state index is 0.287. The van der Waals surface area contributed by atoms with Crippen LogP contribution in [0.2, 0.25) is 0 Å². The van der Waals surface area contributed by atoms with E-state index < -0.39 is 0 Å². The third-order valence-corrected chi connectivity index (χ3v) is 4.02. The summed E-state index contributed by atoms with van der Waals surface area (Å²) in [5.41, 5.74) is 3.54. The van der Waals surface area contributed by atoms with Crippen LogP contribution >= 0.6 is 0 Å². The van der Waals surface area contributed by atoms with E-state index in [9.17, 15) is 0 Å². The van der Waals surface area contributed by atoms with Crippen molar-refractivity contribution in [3.63, 3.8) is 0 Å². The monoisotopic (exact) mass is 312 g/mol. The van der Waals surface area contributed by atoms with E-state index in [0.29, 0.717) is 0 Å². The Morgan fingerprint density at radius 1 is 0.792 bits per heavy atom. The molecule has 0 aliphatic heterocycles. The Bertz CT molecular complexity index is 1040. The lowest BCUT2D eigenvalue weighted by molar-refractivity contribution is 0.860. The first-order valence-electron chi connectivity index (χ1n) is 7.44. The van der Waals surface area contributed by atoms with Gasteiger partial charge in [0, 0.05) is 46.7 Å². The van der Waals surface area contributed by atoms with Crippen molar-refractivity contribution < 1.29 is 0 Å². The van der Waals surface area contributed by atoms with Gasteiger partial charge in [0.15, 0.2) is 0 Å². The van der Waals surface area contributed by atoms with Crippen molar-refractivity contribution in [2.24, 2.45) is 0 Å². The van der Waals surface area contributed by atoms with Crippen LogP contribution in [-0.4, -0.2) is 19.1 Å². The summed E-state index contributed by atoms with van der Waals surface area (Å²) in [6.45, 7) is 0.575. The molecule has 0 aliphatic carbocycles. The molecule has 0 spiro atoms. The molecule has 0 saturated heterocycles. The van der Waals surface area contributed by atoms with E-state index in [1.54, 1.807) is 12.4 Å². The Morgan fingerprint density at radius 2 is 1.25 bits per heavy atom. The van der Waals surface area contributed by atoms with E-state index in [1.807, 2.05) is 45.8 Å². The second-order valence-electron chi connectivity index (χ2n) is 5.48. The largest absolute Gasteiger partial charge is 0.319 e. The van der Waals surface area contributed by atoms with E-state index >= 15 is 0 Å². The lowest BCUT2D eigenvalue weighted by atomic mass is 10.1. The van der Waals surface area contributed by atoms with Crippen LogP contribution in [0.4, 0.5) is 0 Å². The van der Waals surface area contributed by atoms with Crippen molar-refractivity contribution in [1.29, 1.82) is 10.5 Å². The van der Waals surface area contributed by atoms with Crippen LogP contribution in [0.3, 0.4) is 0 Å². The maximum absolute atomic E-state index is 8.84. The standard InChI is InChI=1S/C18H12N6/c19-3-7-23-5-1-13-9-15(11-21-17(13)23)16-10-14-2-6-24(8-4-20)18(14)22-12-16/h1-2,5-6,9-12H,7-8H2. The van der Waals surface area contributed by atoms with Crippen LogP contribution in [0.15, 0.2) is 49.1 Å². The van der Waals surface area contributed by atoms with Crippen LogP contribution in [-0.2, 0) is 13.1 Å². The summed E-state index contributed by atoms with van der Waals surface area (Å²) >= 11 is 0. The number of aromatic nitrogens is 4. The lowest BCUT2D eigenvalue weighted by Gasteiger charge is -2.04. The maximum atomic E-state index is 8.84. The van der Waals surface area contributed by atoms with Gasteiger partial charge in [-0.2, -0.15) is 10.5 Å². The van der Waals surface area contributed by atoms with Crippen LogP contribution < -0.4 is 0 Å². The van der Waals surface area contributed by atoms with Gasteiger partial charge in [-0.1, -0.05) is 0 Å². The molecule has 114 valence electrons. The summed E-state index contributed by atoms with van der Waals surface area (Å²) in [4.78, 5) is 8.97. The molecular formula is C18H12N6. The molecule has 0 atom stereocenters. The van der Waals surface area contributed by atoms with Crippen molar-refractivity contribution in [2.75, 3.05) is 0 Å². The highest BCUT2D eigenvalue weighted by Crippen LogP contribution is 2.26. The molecule has 0 fully saturated rings. The molecule has 0 aliphatic rings. The fourth-order valence-electron chi connectivity index (χ4n) is 2.88. The van der Waals surface area contributed by atoms with E-state index in [2.05, 4.69) is 22.1 Å².